The lowest BCUT2D eigenvalue weighted by Crippen LogP contribution is -2.41. The van der Waals surface area contributed by atoms with Crippen molar-refractivity contribution in [2.75, 3.05) is 26.7 Å². The zero-order valence-corrected chi connectivity index (χ0v) is 28.4. The maximum Gasteiger partial charge on any atom is 0.416 e. The molecule has 1 aliphatic rings. The summed E-state index contributed by atoms with van der Waals surface area (Å²) in [5.41, 5.74) is -0.814. The van der Waals surface area contributed by atoms with Crippen LogP contribution in [-0.2, 0) is 22.2 Å². The SMILES string of the molecule is COc1c(F)cc(C)c(-c2cc(C)cc([C@H](CC(=O)O)NC(=O)C(CC(C)C)n3cc(CCN4CCC4)c(C(F)(F)F)cc3=O)c2F)c1C. The van der Waals surface area contributed by atoms with Crippen LogP contribution in [0.1, 0.15) is 78.6 Å². The van der Waals surface area contributed by atoms with Crippen molar-refractivity contribution in [2.45, 2.75) is 78.6 Å². The molecule has 1 unspecified atom stereocenters. The number of aryl methyl sites for hydroxylation is 2. The second-order valence-corrected chi connectivity index (χ2v) is 13.1. The van der Waals surface area contributed by atoms with Crippen molar-refractivity contribution in [3.05, 3.63) is 85.8 Å². The Bertz CT molecular complexity index is 1780. The number of carbonyl (C=O) groups excluding carboxylic acids is 1. The van der Waals surface area contributed by atoms with Crippen molar-refractivity contribution >= 4 is 11.9 Å². The van der Waals surface area contributed by atoms with Gasteiger partial charge < -0.3 is 24.6 Å². The standard InChI is InChI=1S/C36H42F5N3O5/c1-19(2)12-29(44-18-23(8-11-43-9-7-10-43)26(16-30(44)45)36(39,40)41)35(48)42-28(17-31(46)47)24-13-20(3)14-25(33(24)38)32-21(4)15-27(37)34(49-6)22(32)5/h13-16,18-19,28-29H,7-12,17H2,1-6H3,(H,42,48)(H,46,47)/t28-,29?/m0/s1. The zero-order chi connectivity index (χ0) is 36.4. The van der Waals surface area contributed by atoms with Gasteiger partial charge in [-0.1, -0.05) is 19.9 Å². The van der Waals surface area contributed by atoms with E-state index in [0.717, 1.165) is 30.3 Å². The second-order valence-electron chi connectivity index (χ2n) is 13.1. The highest BCUT2D eigenvalue weighted by molar-refractivity contribution is 5.82. The fourth-order valence-corrected chi connectivity index (χ4v) is 6.47. The van der Waals surface area contributed by atoms with Gasteiger partial charge >= 0.3 is 12.1 Å². The molecule has 2 heterocycles. The summed E-state index contributed by atoms with van der Waals surface area (Å²) in [4.78, 5) is 41.3. The summed E-state index contributed by atoms with van der Waals surface area (Å²) in [7, 11) is 1.28. The van der Waals surface area contributed by atoms with Crippen LogP contribution >= 0.6 is 0 Å². The maximum absolute atomic E-state index is 16.5. The molecule has 1 saturated heterocycles. The molecule has 0 radical (unpaired) electrons. The highest BCUT2D eigenvalue weighted by Crippen LogP contribution is 2.39. The van der Waals surface area contributed by atoms with Crippen LogP contribution in [-0.4, -0.2) is 53.2 Å². The molecule has 3 aromatic rings. The van der Waals surface area contributed by atoms with E-state index in [9.17, 15) is 37.1 Å². The monoisotopic (exact) mass is 691 g/mol. The first kappa shape index (κ1) is 37.6. The van der Waals surface area contributed by atoms with E-state index in [1.165, 1.54) is 25.3 Å². The minimum Gasteiger partial charge on any atom is -0.493 e. The third kappa shape index (κ3) is 8.49. The third-order valence-electron chi connectivity index (χ3n) is 8.91. The lowest BCUT2D eigenvalue weighted by atomic mass is 9.89. The number of methoxy groups -OCH3 is 1. The van der Waals surface area contributed by atoms with Gasteiger partial charge in [0.05, 0.1) is 25.1 Å². The number of carbonyl (C=O) groups is 2. The van der Waals surface area contributed by atoms with Gasteiger partial charge in [-0.05, 0) is 93.4 Å². The smallest absolute Gasteiger partial charge is 0.416 e. The van der Waals surface area contributed by atoms with E-state index < -0.39 is 59.3 Å². The van der Waals surface area contributed by atoms with Crippen molar-refractivity contribution in [3.63, 3.8) is 0 Å². The van der Waals surface area contributed by atoms with Crippen LogP contribution in [0.5, 0.6) is 5.75 Å². The fourth-order valence-electron chi connectivity index (χ4n) is 6.47. The van der Waals surface area contributed by atoms with Crippen LogP contribution in [0.25, 0.3) is 11.1 Å². The van der Waals surface area contributed by atoms with E-state index >= 15 is 4.39 Å². The summed E-state index contributed by atoms with van der Waals surface area (Å²) < 4.78 is 79.3. The Morgan fingerprint density at radius 2 is 1.73 bits per heavy atom. The van der Waals surface area contributed by atoms with Crippen molar-refractivity contribution in [3.8, 4) is 16.9 Å². The van der Waals surface area contributed by atoms with E-state index in [0.29, 0.717) is 34.9 Å². The third-order valence-corrected chi connectivity index (χ3v) is 8.91. The molecular formula is C36H42F5N3O5. The largest absolute Gasteiger partial charge is 0.493 e. The number of carboxylic acids is 1. The Hall–Kier alpha value is -4.26. The number of rotatable bonds is 13. The van der Waals surface area contributed by atoms with E-state index in [4.69, 9.17) is 4.74 Å². The predicted octanol–water partition coefficient (Wildman–Crippen LogP) is 6.91. The highest BCUT2D eigenvalue weighted by Gasteiger charge is 2.36. The number of hydrogen-bond acceptors (Lipinski definition) is 5. The first-order valence-corrected chi connectivity index (χ1v) is 16.1. The van der Waals surface area contributed by atoms with Gasteiger partial charge in [0.15, 0.2) is 11.6 Å². The summed E-state index contributed by atoms with van der Waals surface area (Å²) in [5.74, 6) is -3.99. The Kier molecular flexibility index (Phi) is 11.6. The average Bonchev–Trinajstić information content (AvgIpc) is 2.96. The molecule has 2 aromatic carbocycles. The number of carboxylic acid groups (broad SMARTS) is 1. The molecule has 1 aromatic heterocycles. The maximum atomic E-state index is 16.5. The minimum absolute atomic E-state index is 0.00291. The number of benzene rings is 2. The molecule has 1 amide bonds. The number of likely N-dealkylation sites (tertiary alicyclic amines) is 1. The Labute approximate surface area is 281 Å². The molecule has 1 fully saturated rings. The Morgan fingerprint density at radius 1 is 1.06 bits per heavy atom. The average molecular weight is 692 g/mol. The number of pyridine rings is 1. The molecule has 0 saturated carbocycles. The highest BCUT2D eigenvalue weighted by atomic mass is 19.4. The number of hydrogen-bond donors (Lipinski definition) is 2. The quantitative estimate of drug-likeness (QED) is 0.189. The van der Waals surface area contributed by atoms with E-state index in [1.54, 1.807) is 34.6 Å². The first-order chi connectivity index (χ1) is 22.9. The van der Waals surface area contributed by atoms with Crippen molar-refractivity contribution in [1.29, 1.82) is 0 Å². The molecule has 2 atom stereocenters. The summed E-state index contributed by atoms with van der Waals surface area (Å²) >= 11 is 0. The van der Waals surface area contributed by atoms with Crippen molar-refractivity contribution < 1.29 is 41.4 Å². The summed E-state index contributed by atoms with van der Waals surface area (Å²) in [6.45, 7) is 10.2. The van der Waals surface area contributed by atoms with Crippen molar-refractivity contribution in [2.24, 2.45) is 5.92 Å². The van der Waals surface area contributed by atoms with E-state index in [1.807, 2.05) is 4.90 Å². The zero-order valence-electron chi connectivity index (χ0n) is 28.4. The lowest BCUT2D eigenvalue weighted by molar-refractivity contribution is -0.139. The van der Waals surface area contributed by atoms with Gasteiger partial charge in [0.1, 0.15) is 11.9 Å². The van der Waals surface area contributed by atoms with Crippen LogP contribution < -0.4 is 15.6 Å². The molecule has 1 aliphatic heterocycles. The fraction of sp³-hybridized carbons (Fsp3) is 0.472. The molecule has 0 bridgehead atoms. The molecular weight excluding hydrogens is 649 g/mol. The number of halogens is 5. The normalized spacial score (nSPS) is 14.8. The van der Waals surface area contributed by atoms with Crippen LogP contribution in [0.4, 0.5) is 22.0 Å². The number of nitrogens with one attached hydrogen (secondary N) is 1. The molecule has 0 spiro atoms. The molecule has 266 valence electrons. The molecule has 8 nitrogen and oxygen atoms in total. The first-order valence-electron chi connectivity index (χ1n) is 16.1. The summed E-state index contributed by atoms with van der Waals surface area (Å²) in [6.07, 6.45) is -3.50. The van der Waals surface area contributed by atoms with Gasteiger partial charge in [0, 0.05) is 35.5 Å². The molecule has 4 rings (SSSR count). The van der Waals surface area contributed by atoms with E-state index in [-0.39, 0.29) is 41.2 Å². The summed E-state index contributed by atoms with van der Waals surface area (Å²) in [5, 5.41) is 12.4. The van der Waals surface area contributed by atoms with Crippen LogP contribution in [0.2, 0.25) is 0 Å². The van der Waals surface area contributed by atoms with Gasteiger partial charge in [0.25, 0.3) is 5.56 Å². The minimum atomic E-state index is -4.80. The summed E-state index contributed by atoms with van der Waals surface area (Å²) in [6, 6.07) is 1.86. The Morgan fingerprint density at radius 3 is 2.29 bits per heavy atom. The number of aromatic nitrogens is 1. The second kappa shape index (κ2) is 15.1. The van der Waals surface area contributed by atoms with Gasteiger partial charge in [0.2, 0.25) is 5.91 Å². The van der Waals surface area contributed by atoms with E-state index in [2.05, 4.69) is 5.32 Å². The van der Waals surface area contributed by atoms with Crippen LogP contribution in [0.15, 0.2) is 35.3 Å². The van der Waals surface area contributed by atoms with Gasteiger partial charge in [-0.2, -0.15) is 13.2 Å². The Balaban J connectivity index is 1.80. The van der Waals surface area contributed by atoms with Crippen LogP contribution in [0.3, 0.4) is 0 Å². The van der Waals surface area contributed by atoms with Gasteiger partial charge in [-0.3, -0.25) is 14.4 Å². The number of ether oxygens (including phenoxy) is 1. The number of alkyl halides is 3. The number of amides is 1. The van der Waals surface area contributed by atoms with Crippen LogP contribution in [0, 0.1) is 38.3 Å². The topological polar surface area (TPSA) is 101 Å². The number of aliphatic carboxylic acids is 1. The molecule has 13 heteroatoms. The molecule has 49 heavy (non-hydrogen) atoms. The van der Waals surface area contributed by atoms with Crippen molar-refractivity contribution in [1.82, 2.24) is 14.8 Å². The lowest BCUT2D eigenvalue weighted by Gasteiger charge is -2.31. The molecule has 2 N–H and O–H groups in total. The predicted molar refractivity (Wildman–Crippen MR) is 175 cm³/mol. The molecule has 0 aliphatic carbocycles. The number of nitrogens with zero attached hydrogens (tertiary/aromatic N) is 2. The van der Waals surface area contributed by atoms with Gasteiger partial charge in [-0.15, -0.1) is 0 Å². The van der Waals surface area contributed by atoms with Gasteiger partial charge in [-0.25, -0.2) is 8.78 Å².